The van der Waals surface area contributed by atoms with Crippen LogP contribution in [0.2, 0.25) is 23.2 Å². The summed E-state index contributed by atoms with van der Waals surface area (Å²) in [5.74, 6) is 0. The van der Waals surface area contributed by atoms with Crippen molar-refractivity contribution in [3.05, 3.63) is 60.7 Å². The second-order valence-electron chi connectivity index (χ2n) is 11.2. The van der Waals surface area contributed by atoms with Gasteiger partial charge in [0.1, 0.15) is 12.4 Å². The van der Waals surface area contributed by atoms with Crippen molar-refractivity contribution in [3.63, 3.8) is 0 Å². The van der Waals surface area contributed by atoms with E-state index in [4.69, 9.17) is 8.85 Å². The highest BCUT2D eigenvalue weighted by atomic mass is 28.4. The molecule has 0 aliphatic carbocycles. The van der Waals surface area contributed by atoms with Gasteiger partial charge >= 0.3 is 0 Å². The molecule has 0 aromatic heterocycles. The molecule has 1 atom stereocenters. The van der Waals surface area contributed by atoms with Crippen LogP contribution in [0, 0.1) is 0 Å². The molecular weight excluding hydrogens is 428 g/mol. The smallest absolute Gasteiger partial charge is 0.262 e. The van der Waals surface area contributed by atoms with Gasteiger partial charge in [-0.2, -0.15) is 0 Å². The third-order valence-electron chi connectivity index (χ3n) is 6.80. The Kier molecular flexibility index (Phi) is 8.85. The molecule has 176 valence electrons. The number of benzene rings is 2. The van der Waals surface area contributed by atoms with Crippen molar-refractivity contribution in [2.24, 2.45) is 0 Å². The molecule has 0 fully saturated rings. The Morgan fingerprint density at radius 1 is 0.812 bits per heavy atom. The van der Waals surface area contributed by atoms with Gasteiger partial charge in [0, 0.05) is 6.61 Å². The summed E-state index contributed by atoms with van der Waals surface area (Å²) in [6, 6.07) is 21.0. The molecule has 0 radical (unpaired) electrons. The third kappa shape index (κ3) is 6.07. The van der Waals surface area contributed by atoms with Crippen molar-refractivity contribution >= 4 is 33.3 Å². The van der Waals surface area contributed by atoms with Crippen LogP contribution in [0.15, 0.2) is 60.7 Å². The van der Waals surface area contributed by atoms with E-state index in [2.05, 4.69) is 103 Å². The van der Waals surface area contributed by atoms with Gasteiger partial charge in [0.2, 0.25) is 0 Å². The highest BCUT2D eigenvalue weighted by molar-refractivity contribution is 6.99. The molecule has 2 aromatic carbocycles. The molecule has 3 nitrogen and oxygen atoms in total. The fraction of sp³-hybridized carbons (Fsp3) is 0.519. The van der Waals surface area contributed by atoms with Gasteiger partial charge < -0.3 is 13.6 Å². The van der Waals surface area contributed by atoms with Crippen LogP contribution in [0.4, 0.5) is 0 Å². The van der Waals surface area contributed by atoms with Gasteiger partial charge in [0.25, 0.3) is 8.32 Å². The number of carbonyl (C=O) groups excluding carboxylic acids is 1. The monoisotopic (exact) mass is 470 g/mol. The van der Waals surface area contributed by atoms with Gasteiger partial charge in [0.05, 0.1) is 0 Å². The summed E-state index contributed by atoms with van der Waals surface area (Å²) in [4.78, 5) is 12.2. The molecule has 2 aromatic rings. The SMILES string of the molecule is CC(C)(C)[Si](C)(C)OCCCC(C=O)O[Si](c1ccccc1)(c1ccccc1)C(C)(C)C. The molecule has 0 aliphatic heterocycles. The first-order valence-electron chi connectivity index (χ1n) is 11.7. The Morgan fingerprint density at radius 2 is 1.28 bits per heavy atom. The number of carbonyl (C=O) groups is 1. The molecule has 0 saturated carbocycles. The molecule has 0 amide bonds. The average Bonchev–Trinajstić information content (AvgIpc) is 2.73. The van der Waals surface area contributed by atoms with Crippen LogP contribution in [0.5, 0.6) is 0 Å². The van der Waals surface area contributed by atoms with Crippen LogP contribution in [-0.4, -0.2) is 35.6 Å². The van der Waals surface area contributed by atoms with Crippen molar-refractivity contribution in [1.82, 2.24) is 0 Å². The minimum absolute atomic E-state index is 0.144. The van der Waals surface area contributed by atoms with E-state index in [1.165, 1.54) is 10.4 Å². The van der Waals surface area contributed by atoms with Crippen LogP contribution in [-0.2, 0) is 13.6 Å². The van der Waals surface area contributed by atoms with Crippen molar-refractivity contribution in [2.45, 2.75) is 83.7 Å². The lowest BCUT2D eigenvalue weighted by Gasteiger charge is -2.44. The first-order valence-corrected chi connectivity index (χ1v) is 16.5. The van der Waals surface area contributed by atoms with Crippen molar-refractivity contribution in [3.8, 4) is 0 Å². The minimum atomic E-state index is -2.72. The molecule has 0 bridgehead atoms. The lowest BCUT2D eigenvalue weighted by molar-refractivity contribution is -0.114. The standard InChI is InChI=1S/C27H42O3Si2/c1-26(2,3)31(7,8)29-21-15-16-23(22-28)30-32(27(4,5)6,24-17-11-9-12-18-24)25-19-13-10-14-20-25/h9-14,17-20,22-23H,15-16,21H2,1-8H3. The van der Waals surface area contributed by atoms with E-state index in [1.807, 2.05) is 12.1 Å². The summed E-state index contributed by atoms with van der Waals surface area (Å²) in [6.07, 6.45) is 2.02. The van der Waals surface area contributed by atoms with Gasteiger partial charge in [-0.05, 0) is 46.4 Å². The van der Waals surface area contributed by atoms with Crippen LogP contribution in [0.1, 0.15) is 54.4 Å². The Balaban J connectivity index is 2.30. The lowest BCUT2D eigenvalue weighted by atomic mass is 10.2. The summed E-state index contributed by atoms with van der Waals surface area (Å²) < 4.78 is 13.3. The second-order valence-corrected chi connectivity index (χ2v) is 20.3. The van der Waals surface area contributed by atoms with Gasteiger partial charge in [-0.15, -0.1) is 0 Å². The van der Waals surface area contributed by atoms with Crippen LogP contribution in [0.3, 0.4) is 0 Å². The number of hydrogen-bond acceptors (Lipinski definition) is 3. The predicted molar refractivity (Wildman–Crippen MR) is 141 cm³/mol. The zero-order valence-corrected chi connectivity index (χ0v) is 23.3. The Bertz CT molecular complexity index is 797. The van der Waals surface area contributed by atoms with E-state index >= 15 is 0 Å². The number of hydrogen-bond donors (Lipinski definition) is 0. The summed E-state index contributed by atoms with van der Waals surface area (Å²) >= 11 is 0. The average molecular weight is 471 g/mol. The third-order valence-corrected chi connectivity index (χ3v) is 16.4. The van der Waals surface area contributed by atoms with E-state index < -0.39 is 22.7 Å². The highest BCUT2D eigenvalue weighted by Gasteiger charge is 2.51. The minimum Gasteiger partial charge on any atom is -0.417 e. The summed E-state index contributed by atoms with van der Waals surface area (Å²) in [7, 11) is -4.51. The summed E-state index contributed by atoms with van der Waals surface area (Å²) in [6.45, 7) is 18.7. The van der Waals surface area contributed by atoms with Gasteiger partial charge in [-0.25, -0.2) is 0 Å². The largest absolute Gasteiger partial charge is 0.417 e. The fourth-order valence-corrected chi connectivity index (χ4v) is 9.63. The fourth-order valence-electron chi connectivity index (χ4n) is 3.90. The molecule has 0 heterocycles. The maximum absolute atomic E-state index is 12.2. The first-order chi connectivity index (χ1) is 14.8. The van der Waals surface area contributed by atoms with Crippen LogP contribution in [0.25, 0.3) is 0 Å². The molecule has 5 heteroatoms. The van der Waals surface area contributed by atoms with E-state index in [9.17, 15) is 4.79 Å². The maximum Gasteiger partial charge on any atom is 0.262 e. The van der Waals surface area contributed by atoms with E-state index in [0.717, 1.165) is 12.7 Å². The van der Waals surface area contributed by atoms with E-state index in [1.54, 1.807) is 0 Å². The van der Waals surface area contributed by atoms with Crippen LogP contribution >= 0.6 is 0 Å². The maximum atomic E-state index is 12.2. The van der Waals surface area contributed by atoms with Gasteiger partial charge in [0.15, 0.2) is 8.32 Å². The molecule has 0 saturated heterocycles. The Hall–Kier alpha value is -1.54. The first kappa shape index (κ1) is 26.7. The molecular formula is C27H42O3Si2. The van der Waals surface area contributed by atoms with Crippen molar-refractivity contribution < 1.29 is 13.6 Å². The zero-order valence-electron chi connectivity index (χ0n) is 21.3. The normalized spacial score (nSPS) is 14.2. The van der Waals surface area contributed by atoms with Crippen LogP contribution < -0.4 is 10.4 Å². The topological polar surface area (TPSA) is 35.5 Å². The molecule has 0 spiro atoms. The molecule has 1 unspecified atom stereocenters. The Morgan fingerprint density at radius 3 is 1.66 bits per heavy atom. The molecule has 0 N–H and O–H groups in total. The van der Waals surface area contributed by atoms with Crippen molar-refractivity contribution in [2.75, 3.05) is 6.61 Å². The highest BCUT2D eigenvalue weighted by Crippen LogP contribution is 2.38. The number of rotatable bonds is 10. The number of aldehydes is 1. The van der Waals surface area contributed by atoms with Gasteiger partial charge in [-0.1, -0.05) is 102 Å². The van der Waals surface area contributed by atoms with Crippen molar-refractivity contribution in [1.29, 1.82) is 0 Å². The van der Waals surface area contributed by atoms with Gasteiger partial charge in [-0.3, -0.25) is 0 Å². The zero-order chi connectivity index (χ0) is 24.0. The molecule has 0 aliphatic rings. The lowest BCUT2D eigenvalue weighted by Crippen LogP contribution is -2.67. The molecule has 2 rings (SSSR count). The summed E-state index contributed by atoms with van der Waals surface area (Å²) in [5.41, 5.74) is 0. The van der Waals surface area contributed by atoms with E-state index in [0.29, 0.717) is 13.0 Å². The molecule has 32 heavy (non-hydrogen) atoms. The van der Waals surface area contributed by atoms with E-state index in [-0.39, 0.29) is 10.1 Å². The summed E-state index contributed by atoms with van der Waals surface area (Å²) in [5, 5.41) is 2.43. The quantitative estimate of drug-likeness (QED) is 0.245. The second kappa shape index (κ2) is 10.6. The predicted octanol–water partition coefficient (Wildman–Crippen LogP) is 5.93. The Labute approximate surface area is 197 Å².